The standard InChI is InChI=1S/C15H21N3O5S/c1-10(2)16-14(20)15(21)18-17-13(19)8-9-24(22,23)12-6-4-11(3)5-7-12/h4-7,10H,8-9H2,1-3H3,(H,16,20)(H,17,19)(H,18,21). The summed E-state index contributed by atoms with van der Waals surface area (Å²) in [6.07, 6.45) is -0.345. The van der Waals surface area contributed by atoms with Crippen LogP contribution < -0.4 is 16.2 Å². The first-order valence-electron chi connectivity index (χ1n) is 7.31. The molecule has 1 aromatic rings. The highest BCUT2D eigenvalue weighted by Crippen LogP contribution is 2.12. The predicted octanol–water partition coefficient (Wildman–Crippen LogP) is -0.169. The van der Waals surface area contributed by atoms with E-state index in [2.05, 4.69) is 5.32 Å². The molecule has 0 aliphatic heterocycles. The number of hydrogen-bond acceptors (Lipinski definition) is 5. The Morgan fingerprint density at radius 2 is 1.58 bits per heavy atom. The zero-order valence-corrected chi connectivity index (χ0v) is 14.6. The van der Waals surface area contributed by atoms with Crippen LogP contribution in [0.5, 0.6) is 0 Å². The Bertz CT molecular complexity index is 711. The van der Waals surface area contributed by atoms with Crippen LogP contribution in [0.25, 0.3) is 0 Å². The van der Waals surface area contributed by atoms with Crippen molar-refractivity contribution in [2.75, 3.05) is 5.75 Å². The van der Waals surface area contributed by atoms with E-state index in [1.807, 2.05) is 17.8 Å². The highest BCUT2D eigenvalue weighted by Gasteiger charge is 2.18. The topological polar surface area (TPSA) is 121 Å². The van der Waals surface area contributed by atoms with Gasteiger partial charge in [0, 0.05) is 12.5 Å². The molecule has 3 N–H and O–H groups in total. The summed E-state index contributed by atoms with van der Waals surface area (Å²) in [5.74, 6) is -3.04. The average molecular weight is 355 g/mol. The molecule has 0 saturated heterocycles. The number of hydrogen-bond donors (Lipinski definition) is 3. The maximum atomic E-state index is 12.1. The van der Waals surface area contributed by atoms with Gasteiger partial charge in [-0.2, -0.15) is 0 Å². The van der Waals surface area contributed by atoms with Gasteiger partial charge in [-0.1, -0.05) is 17.7 Å². The van der Waals surface area contributed by atoms with Crippen LogP contribution in [0.15, 0.2) is 29.2 Å². The minimum atomic E-state index is -3.60. The highest BCUT2D eigenvalue weighted by molar-refractivity contribution is 7.91. The first kappa shape index (κ1) is 19.6. The van der Waals surface area contributed by atoms with Crippen molar-refractivity contribution in [3.8, 4) is 0 Å². The van der Waals surface area contributed by atoms with Gasteiger partial charge in [0.25, 0.3) is 0 Å². The molecular weight excluding hydrogens is 334 g/mol. The Balaban J connectivity index is 2.47. The molecule has 0 saturated carbocycles. The van der Waals surface area contributed by atoms with Gasteiger partial charge in [0.05, 0.1) is 10.6 Å². The SMILES string of the molecule is Cc1ccc(S(=O)(=O)CCC(=O)NNC(=O)C(=O)NC(C)C)cc1. The van der Waals surface area contributed by atoms with Gasteiger partial charge in [0.2, 0.25) is 5.91 Å². The van der Waals surface area contributed by atoms with Gasteiger partial charge in [-0.25, -0.2) is 8.42 Å². The lowest BCUT2D eigenvalue weighted by Crippen LogP contribution is -2.49. The summed E-state index contributed by atoms with van der Waals surface area (Å²) in [6, 6.07) is 6.06. The van der Waals surface area contributed by atoms with Crippen molar-refractivity contribution in [1.82, 2.24) is 16.2 Å². The molecular formula is C15H21N3O5S. The second-order valence-corrected chi connectivity index (χ2v) is 7.62. The molecule has 1 rings (SSSR count). The summed E-state index contributed by atoms with van der Waals surface area (Å²) in [5, 5.41) is 2.35. The summed E-state index contributed by atoms with van der Waals surface area (Å²) in [7, 11) is -3.60. The molecule has 0 unspecified atom stereocenters. The molecule has 9 heteroatoms. The van der Waals surface area contributed by atoms with E-state index in [9.17, 15) is 22.8 Å². The fraction of sp³-hybridized carbons (Fsp3) is 0.400. The van der Waals surface area contributed by atoms with E-state index in [0.29, 0.717) is 0 Å². The van der Waals surface area contributed by atoms with Gasteiger partial charge in [0.1, 0.15) is 0 Å². The third-order valence-corrected chi connectivity index (χ3v) is 4.65. The minimum absolute atomic E-state index is 0.126. The molecule has 0 atom stereocenters. The largest absolute Gasteiger partial charge is 0.346 e. The second kappa shape index (κ2) is 8.44. The maximum absolute atomic E-state index is 12.1. The summed E-state index contributed by atoms with van der Waals surface area (Å²) in [6.45, 7) is 5.20. The number of aryl methyl sites for hydroxylation is 1. The minimum Gasteiger partial charge on any atom is -0.346 e. The average Bonchev–Trinajstić information content (AvgIpc) is 2.50. The highest BCUT2D eigenvalue weighted by atomic mass is 32.2. The van der Waals surface area contributed by atoms with Gasteiger partial charge in [-0.3, -0.25) is 25.2 Å². The van der Waals surface area contributed by atoms with E-state index in [4.69, 9.17) is 0 Å². The summed E-state index contributed by atoms with van der Waals surface area (Å²) in [4.78, 5) is 34.4. The van der Waals surface area contributed by atoms with Crippen LogP contribution in [0.2, 0.25) is 0 Å². The van der Waals surface area contributed by atoms with Crippen LogP contribution in [-0.2, 0) is 24.2 Å². The number of carbonyl (C=O) groups is 3. The molecule has 0 aromatic heterocycles. The van der Waals surface area contributed by atoms with Crippen molar-refractivity contribution in [3.63, 3.8) is 0 Å². The van der Waals surface area contributed by atoms with Gasteiger partial charge in [-0.05, 0) is 32.9 Å². The number of benzene rings is 1. The number of sulfone groups is 1. The van der Waals surface area contributed by atoms with E-state index in [1.165, 1.54) is 12.1 Å². The molecule has 132 valence electrons. The van der Waals surface area contributed by atoms with Gasteiger partial charge in [0.15, 0.2) is 9.84 Å². The Morgan fingerprint density at radius 1 is 1.00 bits per heavy atom. The van der Waals surface area contributed by atoms with Crippen molar-refractivity contribution in [2.45, 2.75) is 38.1 Å². The molecule has 1 aromatic carbocycles. The molecule has 8 nitrogen and oxygen atoms in total. The number of nitrogens with one attached hydrogen (secondary N) is 3. The fourth-order valence-electron chi connectivity index (χ4n) is 1.66. The zero-order chi connectivity index (χ0) is 18.3. The summed E-state index contributed by atoms with van der Waals surface area (Å²) < 4.78 is 24.2. The lowest BCUT2D eigenvalue weighted by Gasteiger charge is -2.10. The maximum Gasteiger partial charge on any atom is 0.327 e. The van der Waals surface area contributed by atoms with Crippen molar-refractivity contribution < 1.29 is 22.8 Å². The van der Waals surface area contributed by atoms with E-state index in [1.54, 1.807) is 26.0 Å². The molecule has 0 bridgehead atoms. The number of amides is 3. The van der Waals surface area contributed by atoms with Crippen LogP contribution in [0.3, 0.4) is 0 Å². The fourth-order valence-corrected chi connectivity index (χ4v) is 2.90. The first-order valence-corrected chi connectivity index (χ1v) is 8.96. The van der Waals surface area contributed by atoms with Crippen molar-refractivity contribution >= 4 is 27.6 Å². The Kier molecular flexibility index (Phi) is 6.90. The van der Waals surface area contributed by atoms with Gasteiger partial charge >= 0.3 is 11.8 Å². The molecule has 0 radical (unpaired) electrons. The van der Waals surface area contributed by atoms with Crippen molar-refractivity contribution in [3.05, 3.63) is 29.8 Å². The smallest absolute Gasteiger partial charge is 0.327 e. The molecule has 0 aliphatic carbocycles. The Hall–Kier alpha value is -2.42. The molecule has 3 amide bonds. The lowest BCUT2D eigenvalue weighted by molar-refractivity contribution is -0.141. The summed E-state index contributed by atoms with van der Waals surface area (Å²) >= 11 is 0. The third-order valence-electron chi connectivity index (χ3n) is 2.92. The molecule has 0 aliphatic rings. The zero-order valence-electron chi connectivity index (χ0n) is 13.8. The van der Waals surface area contributed by atoms with Gasteiger partial charge in [-0.15, -0.1) is 0 Å². The Labute approximate surface area is 140 Å². The molecule has 0 heterocycles. The van der Waals surface area contributed by atoms with Crippen molar-refractivity contribution in [2.24, 2.45) is 0 Å². The van der Waals surface area contributed by atoms with E-state index >= 15 is 0 Å². The normalized spacial score (nSPS) is 11.0. The van der Waals surface area contributed by atoms with Crippen LogP contribution >= 0.6 is 0 Å². The van der Waals surface area contributed by atoms with Gasteiger partial charge < -0.3 is 5.32 Å². The van der Waals surface area contributed by atoms with Crippen LogP contribution in [0.1, 0.15) is 25.8 Å². The Morgan fingerprint density at radius 3 is 2.12 bits per heavy atom. The quantitative estimate of drug-likeness (QED) is 0.500. The number of hydrazine groups is 1. The number of rotatable bonds is 5. The number of carbonyl (C=O) groups excluding carboxylic acids is 3. The summed E-state index contributed by atoms with van der Waals surface area (Å²) in [5.41, 5.74) is 4.86. The molecule has 24 heavy (non-hydrogen) atoms. The van der Waals surface area contributed by atoms with Crippen LogP contribution in [-0.4, -0.2) is 37.9 Å². The third kappa shape index (κ3) is 6.37. The van der Waals surface area contributed by atoms with E-state index < -0.39 is 33.3 Å². The van der Waals surface area contributed by atoms with E-state index in [-0.39, 0.29) is 17.4 Å². The second-order valence-electron chi connectivity index (χ2n) is 5.51. The predicted molar refractivity (Wildman–Crippen MR) is 87.4 cm³/mol. The monoisotopic (exact) mass is 355 g/mol. The first-order chi connectivity index (χ1) is 11.1. The molecule has 0 fully saturated rings. The molecule has 0 spiro atoms. The lowest BCUT2D eigenvalue weighted by atomic mass is 10.2. The van der Waals surface area contributed by atoms with E-state index in [0.717, 1.165) is 5.56 Å². The van der Waals surface area contributed by atoms with Crippen LogP contribution in [0.4, 0.5) is 0 Å². The van der Waals surface area contributed by atoms with Crippen molar-refractivity contribution in [1.29, 1.82) is 0 Å². The van der Waals surface area contributed by atoms with Crippen LogP contribution in [0, 0.1) is 6.92 Å².